The van der Waals surface area contributed by atoms with Gasteiger partial charge in [0.05, 0.1) is 17.8 Å². The van der Waals surface area contributed by atoms with Crippen molar-refractivity contribution in [3.8, 4) is 5.75 Å². The van der Waals surface area contributed by atoms with Crippen LogP contribution in [0.1, 0.15) is 6.92 Å². The van der Waals surface area contributed by atoms with Crippen molar-refractivity contribution in [2.75, 3.05) is 13.2 Å². The Bertz CT molecular complexity index is 538. The molecule has 17 heavy (non-hydrogen) atoms. The summed E-state index contributed by atoms with van der Waals surface area (Å²) in [7, 11) is 0. The highest BCUT2D eigenvalue weighted by atomic mass is 35.5. The number of rotatable bonds is 4. The molecular weight excluding hydrogens is 244 g/mol. The minimum Gasteiger partial charge on any atom is -0.479 e. The van der Waals surface area contributed by atoms with Crippen LogP contribution in [0.3, 0.4) is 0 Å². The maximum Gasteiger partial charge on any atom is 0.344 e. The van der Waals surface area contributed by atoms with Crippen LogP contribution in [0.2, 0.25) is 5.02 Å². The van der Waals surface area contributed by atoms with Gasteiger partial charge in [-0.05, 0) is 6.92 Å². The Kier molecular flexibility index (Phi) is 3.49. The number of aromatic nitrogens is 2. The first kappa shape index (κ1) is 11.7. The standard InChI is InChI=1S/C11H11ClN2O3/c1-2-16-11(15)7-17-9-6-14-4-3-13-10(14)5-8(9)12/h3-6H,2,7H2,1H3. The van der Waals surface area contributed by atoms with E-state index >= 15 is 0 Å². The van der Waals surface area contributed by atoms with Crippen LogP contribution in [-0.4, -0.2) is 28.6 Å². The molecule has 0 atom stereocenters. The van der Waals surface area contributed by atoms with E-state index in [-0.39, 0.29) is 6.61 Å². The third-order valence-corrected chi connectivity index (χ3v) is 2.39. The molecule has 0 aromatic carbocycles. The number of imidazole rings is 1. The summed E-state index contributed by atoms with van der Waals surface area (Å²) in [5.41, 5.74) is 0.721. The number of nitrogens with zero attached hydrogens (tertiary/aromatic N) is 2. The van der Waals surface area contributed by atoms with E-state index < -0.39 is 5.97 Å². The normalized spacial score (nSPS) is 10.5. The van der Waals surface area contributed by atoms with Gasteiger partial charge in [0.15, 0.2) is 12.4 Å². The van der Waals surface area contributed by atoms with Crippen molar-refractivity contribution in [2.24, 2.45) is 0 Å². The van der Waals surface area contributed by atoms with E-state index in [1.807, 2.05) is 0 Å². The quantitative estimate of drug-likeness (QED) is 0.783. The molecule has 0 aliphatic rings. The molecule has 0 amide bonds. The van der Waals surface area contributed by atoms with Crippen molar-refractivity contribution in [1.29, 1.82) is 0 Å². The van der Waals surface area contributed by atoms with E-state index in [2.05, 4.69) is 4.98 Å². The van der Waals surface area contributed by atoms with Gasteiger partial charge in [-0.3, -0.25) is 0 Å². The predicted octanol–water partition coefficient (Wildman–Crippen LogP) is 1.93. The summed E-state index contributed by atoms with van der Waals surface area (Å²) in [6, 6.07) is 1.67. The first-order valence-electron chi connectivity index (χ1n) is 5.11. The second kappa shape index (κ2) is 5.05. The van der Waals surface area contributed by atoms with Crippen molar-refractivity contribution in [1.82, 2.24) is 9.38 Å². The molecular formula is C11H11ClN2O3. The molecule has 90 valence electrons. The van der Waals surface area contributed by atoms with Crippen LogP contribution in [0.15, 0.2) is 24.7 Å². The number of pyridine rings is 1. The molecule has 6 heteroatoms. The van der Waals surface area contributed by atoms with Gasteiger partial charge in [-0.1, -0.05) is 11.6 Å². The molecule has 2 heterocycles. The predicted molar refractivity (Wildman–Crippen MR) is 62.3 cm³/mol. The molecule has 0 spiro atoms. The van der Waals surface area contributed by atoms with Gasteiger partial charge in [0, 0.05) is 18.5 Å². The largest absolute Gasteiger partial charge is 0.479 e. The Morgan fingerprint density at radius 1 is 1.59 bits per heavy atom. The van der Waals surface area contributed by atoms with E-state index in [1.54, 1.807) is 36.0 Å². The number of esters is 1. The smallest absolute Gasteiger partial charge is 0.344 e. The van der Waals surface area contributed by atoms with Gasteiger partial charge in [-0.25, -0.2) is 9.78 Å². The Hall–Kier alpha value is -1.75. The van der Waals surface area contributed by atoms with Gasteiger partial charge in [0.2, 0.25) is 0 Å². The van der Waals surface area contributed by atoms with Gasteiger partial charge in [0.1, 0.15) is 5.65 Å². The number of carbonyl (C=O) groups excluding carboxylic acids is 1. The number of halogens is 1. The fourth-order valence-corrected chi connectivity index (χ4v) is 1.56. The molecule has 5 nitrogen and oxygen atoms in total. The maximum absolute atomic E-state index is 11.1. The second-order valence-electron chi connectivity index (χ2n) is 3.27. The summed E-state index contributed by atoms with van der Waals surface area (Å²) in [6.45, 7) is 1.91. The number of hydrogen-bond acceptors (Lipinski definition) is 4. The van der Waals surface area contributed by atoms with Gasteiger partial charge in [-0.2, -0.15) is 0 Å². The van der Waals surface area contributed by atoms with Crippen molar-refractivity contribution >= 4 is 23.2 Å². The van der Waals surface area contributed by atoms with Crippen LogP contribution in [0.4, 0.5) is 0 Å². The zero-order chi connectivity index (χ0) is 12.3. The highest BCUT2D eigenvalue weighted by molar-refractivity contribution is 6.32. The third kappa shape index (κ3) is 2.68. The van der Waals surface area contributed by atoms with Crippen LogP contribution < -0.4 is 4.74 Å². The second-order valence-corrected chi connectivity index (χ2v) is 3.68. The van der Waals surface area contributed by atoms with Crippen molar-refractivity contribution in [2.45, 2.75) is 6.92 Å². The first-order valence-corrected chi connectivity index (χ1v) is 5.49. The molecule has 2 aromatic heterocycles. The lowest BCUT2D eigenvalue weighted by Crippen LogP contribution is -2.14. The third-order valence-electron chi connectivity index (χ3n) is 2.10. The molecule has 0 aliphatic heterocycles. The van der Waals surface area contributed by atoms with Crippen molar-refractivity contribution in [3.05, 3.63) is 29.7 Å². The number of carbonyl (C=O) groups is 1. The fraction of sp³-hybridized carbons (Fsp3) is 0.273. The Balaban J connectivity index is 2.12. The summed E-state index contributed by atoms with van der Waals surface area (Å²) in [6.07, 6.45) is 5.09. The molecule has 2 rings (SSSR count). The molecule has 2 aromatic rings. The van der Waals surface area contributed by atoms with E-state index in [1.165, 1.54) is 0 Å². The van der Waals surface area contributed by atoms with E-state index in [0.29, 0.717) is 17.4 Å². The summed E-state index contributed by atoms with van der Waals surface area (Å²) >= 11 is 5.99. The summed E-state index contributed by atoms with van der Waals surface area (Å²) < 4.78 is 11.8. The fourth-order valence-electron chi connectivity index (χ4n) is 1.36. The summed E-state index contributed by atoms with van der Waals surface area (Å²) in [5.74, 6) is -0.000450. The SMILES string of the molecule is CCOC(=O)COc1cn2ccnc2cc1Cl. The molecule has 0 bridgehead atoms. The lowest BCUT2D eigenvalue weighted by atomic mass is 10.4. The van der Waals surface area contributed by atoms with E-state index in [4.69, 9.17) is 21.1 Å². The van der Waals surface area contributed by atoms with Crippen LogP contribution in [-0.2, 0) is 9.53 Å². The molecule has 0 fully saturated rings. The topological polar surface area (TPSA) is 52.8 Å². The van der Waals surface area contributed by atoms with E-state index in [0.717, 1.165) is 5.65 Å². The molecule has 0 N–H and O–H groups in total. The molecule has 0 aliphatic carbocycles. The Morgan fingerprint density at radius 3 is 3.18 bits per heavy atom. The average molecular weight is 255 g/mol. The van der Waals surface area contributed by atoms with Gasteiger partial charge < -0.3 is 13.9 Å². The zero-order valence-electron chi connectivity index (χ0n) is 9.22. The number of fused-ring (bicyclic) bond motifs is 1. The van der Waals surface area contributed by atoms with Crippen molar-refractivity contribution < 1.29 is 14.3 Å². The summed E-state index contributed by atoms with van der Waals surface area (Å²) in [4.78, 5) is 15.2. The van der Waals surface area contributed by atoms with Crippen LogP contribution in [0, 0.1) is 0 Å². The van der Waals surface area contributed by atoms with Gasteiger partial charge >= 0.3 is 5.97 Å². The van der Waals surface area contributed by atoms with Crippen molar-refractivity contribution in [3.63, 3.8) is 0 Å². The molecule has 0 saturated heterocycles. The van der Waals surface area contributed by atoms with Gasteiger partial charge in [0.25, 0.3) is 0 Å². The Morgan fingerprint density at radius 2 is 2.41 bits per heavy atom. The lowest BCUT2D eigenvalue weighted by Gasteiger charge is -2.07. The monoisotopic (exact) mass is 254 g/mol. The van der Waals surface area contributed by atoms with Crippen LogP contribution in [0.25, 0.3) is 5.65 Å². The Labute approximate surface area is 103 Å². The minimum absolute atomic E-state index is 0.159. The summed E-state index contributed by atoms with van der Waals surface area (Å²) in [5, 5.41) is 0.410. The van der Waals surface area contributed by atoms with E-state index in [9.17, 15) is 4.79 Å². The first-order chi connectivity index (χ1) is 8.20. The maximum atomic E-state index is 11.1. The number of hydrogen-bond donors (Lipinski definition) is 0. The number of ether oxygens (including phenoxy) is 2. The highest BCUT2D eigenvalue weighted by Crippen LogP contribution is 2.25. The van der Waals surface area contributed by atoms with Crippen LogP contribution >= 0.6 is 11.6 Å². The highest BCUT2D eigenvalue weighted by Gasteiger charge is 2.08. The van der Waals surface area contributed by atoms with Crippen LogP contribution in [0.5, 0.6) is 5.75 Å². The molecule has 0 saturated carbocycles. The minimum atomic E-state index is -0.422. The zero-order valence-corrected chi connectivity index (χ0v) is 9.98. The lowest BCUT2D eigenvalue weighted by molar-refractivity contribution is -0.145. The molecule has 0 radical (unpaired) electrons. The average Bonchev–Trinajstić information content (AvgIpc) is 2.73. The van der Waals surface area contributed by atoms with Gasteiger partial charge in [-0.15, -0.1) is 0 Å². The molecule has 0 unspecified atom stereocenters.